The molecule has 1 atom stereocenters. The molecule has 2 heterocycles. The van der Waals surface area contributed by atoms with Crippen molar-refractivity contribution in [1.29, 1.82) is 0 Å². The van der Waals surface area contributed by atoms with Crippen molar-refractivity contribution in [2.24, 2.45) is 0 Å². The van der Waals surface area contributed by atoms with E-state index in [0.29, 0.717) is 12.3 Å². The minimum atomic E-state index is 0. The van der Waals surface area contributed by atoms with Gasteiger partial charge >= 0.3 is 0 Å². The summed E-state index contributed by atoms with van der Waals surface area (Å²) in [5, 5.41) is 4.86. The van der Waals surface area contributed by atoms with Gasteiger partial charge in [0.2, 0.25) is 5.91 Å². The summed E-state index contributed by atoms with van der Waals surface area (Å²) in [5.74, 6) is 0.544. The van der Waals surface area contributed by atoms with Crippen LogP contribution in [0.2, 0.25) is 0 Å². The van der Waals surface area contributed by atoms with Gasteiger partial charge in [0.25, 0.3) is 0 Å². The minimum absolute atomic E-state index is 0. The summed E-state index contributed by atoms with van der Waals surface area (Å²) < 4.78 is 0. The highest BCUT2D eigenvalue weighted by molar-refractivity contribution is 7.10. The van der Waals surface area contributed by atoms with Gasteiger partial charge in [0.05, 0.1) is 5.69 Å². The number of hydrogen-bond donors (Lipinski definition) is 1. The molecule has 1 aliphatic rings. The third-order valence-corrected chi connectivity index (χ3v) is 3.06. The van der Waals surface area contributed by atoms with Gasteiger partial charge in [0, 0.05) is 18.6 Å². The van der Waals surface area contributed by atoms with Crippen LogP contribution in [-0.4, -0.2) is 5.91 Å². The summed E-state index contributed by atoms with van der Waals surface area (Å²) in [6.07, 6.45) is 0.632. The lowest BCUT2D eigenvalue weighted by Crippen LogP contribution is -2.19. The Balaban J connectivity index is 0.000000531. The van der Waals surface area contributed by atoms with E-state index in [1.54, 1.807) is 11.3 Å². The smallest absolute Gasteiger partial charge is 0.225 e. The average Bonchev–Trinajstić information content (AvgIpc) is 2.55. The summed E-state index contributed by atoms with van der Waals surface area (Å²) in [7, 11) is 0. The van der Waals surface area contributed by atoms with Crippen molar-refractivity contribution in [2.45, 2.75) is 33.1 Å². The predicted molar refractivity (Wildman–Crippen MR) is 59.4 cm³/mol. The Kier molecular flexibility index (Phi) is 3.48. The van der Waals surface area contributed by atoms with E-state index >= 15 is 0 Å². The largest absolute Gasteiger partial charge is 0.325 e. The van der Waals surface area contributed by atoms with Crippen LogP contribution >= 0.6 is 11.3 Å². The highest BCUT2D eigenvalue weighted by Gasteiger charge is 2.21. The molecule has 1 N–H and O–H groups in total. The molecule has 1 amide bonds. The molecule has 1 aromatic rings. The molecule has 0 spiro atoms. The summed E-state index contributed by atoms with van der Waals surface area (Å²) >= 11 is 1.72. The molecule has 1 aliphatic heterocycles. The Morgan fingerprint density at radius 1 is 1.62 bits per heavy atom. The zero-order chi connectivity index (χ0) is 9.84. The van der Waals surface area contributed by atoms with Gasteiger partial charge in [-0.15, -0.1) is 11.3 Å². The molecule has 1 unspecified atom stereocenters. The predicted octanol–water partition coefficient (Wildman–Crippen LogP) is 3.47. The molecule has 0 bridgehead atoms. The van der Waals surface area contributed by atoms with Crippen molar-refractivity contribution in [2.75, 3.05) is 5.32 Å². The van der Waals surface area contributed by atoms with E-state index in [2.05, 4.69) is 12.2 Å². The van der Waals surface area contributed by atoms with Gasteiger partial charge in [-0.05, 0) is 11.4 Å². The lowest BCUT2D eigenvalue weighted by molar-refractivity contribution is -0.116. The summed E-state index contributed by atoms with van der Waals surface area (Å²) in [5.41, 5.74) is 1.01. The number of nitrogens with one attached hydrogen (secondary N) is 1. The highest BCUT2D eigenvalue weighted by atomic mass is 32.1. The van der Waals surface area contributed by atoms with E-state index in [1.807, 2.05) is 25.3 Å². The second-order valence-electron chi connectivity index (χ2n) is 2.85. The first-order valence-electron chi connectivity index (χ1n) is 4.64. The molecule has 0 radical (unpaired) electrons. The maximum Gasteiger partial charge on any atom is 0.225 e. The standard InChI is InChI=1S/C8H9NOS.C2H6.H2/c1-5-4-7(10)9-6-2-3-11-8(5)6;1-2;/h2-3,5H,4H2,1H3,(H,9,10);1-2H3;1H. The van der Waals surface area contributed by atoms with Crippen LogP contribution in [-0.2, 0) is 4.79 Å². The molecular weight excluding hydrogens is 182 g/mol. The Labute approximate surface area is 84.5 Å². The third kappa shape index (κ3) is 2.10. The van der Waals surface area contributed by atoms with E-state index in [9.17, 15) is 4.79 Å². The van der Waals surface area contributed by atoms with E-state index in [-0.39, 0.29) is 7.33 Å². The first-order valence-corrected chi connectivity index (χ1v) is 5.52. The SMILES string of the molecule is CC.CC1CC(=O)Nc2ccsc21.[HH]. The van der Waals surface area contributed by atoms with E-state index in [1.165, 1.54) is 4.88 Å². The second-order valence-corrected chi connectivity index (χ2v) is 3.80. The number of hydrogen-bond acceptors (Lipinski definition) is 2. The second kappa shape index (κ2) is 4.42. The van der Waals surface area contributed by atoms with Crippen molar-refractivity contribution in [3.8, 4) is 0 Å². The zero-order valence-electron chi connectivity index (χ0n) is 8.26. The van der Waals surface area contributed by atoms with Gasteiger partial charge in [0.15, 0.2) is 0 Å². The van der Waals surface area contributed by atoms with Crippen LogP contribution in [0.4, 0.5) is 5.69 Å². The van der Waals surface area contributed by atoms with Crippen LogP contribution in [0.1, 0.15) is 39.4 Å². The molecule has 0 saturated heterocycles. The number of amides is 1. The molecule has 3 heteroatoms. The zero-order valence-corrected chi connectivity index (χ0v) is 9.07. The third-order valence-electron chi connectivity index (χ3n) is 1.91. The van der Waals surface area contributed by atoms with E-state index in [4.69, 9.17) is 0 Å². The number of thiophene rings is 1. The van der Waals surface area contributed by atoms with Crippen molar-refractivity contribution in [1.82, 2.24) is 0 Å². The van der Waals surface area contributed by atoms with Gasteiger partial charge in [-0.3, -0.25) is 4.79 Å². The molecule has 74 valence electrons. The monoisotopic (exact) mass is 199 g/mol. The molecule has 0 aliphatic carbocycles. The molecule has 0 saturated carbocycles. The molecule has 0 aromatic carbocycles. The summed E-state index contributed by atoms with van der Waals surface area (Å²) in [4.78, 5) is 12.3. The van der Waals surface area contributed by atoms with Gasteiger partial charge in [-0.2, -0.15) is 0 Å². The molecule has 13 heavy (non-hydrogen) atoms. The molecule has 1 aromatic heterocycles. The van der Waals surface area contributed by atoms with Gasteiger partial charge in [-0.25, -0.2) is 0 Å². The highest BCUT2D eigenvalue weighted by Crippen LogP contribution is 2.35. The van der Waals surface area contributed by atoms with E-state index in [0.717, 1.165) is 5.69 Å². The number of anilines is 1. The molecule has 2 nitrogen and oxygen atoms in total. The maximum absolute atomic E-state index is 11.0. The van der Waals surface area contributed by atoms with Crippen LogP contribution in [0.25, 0.3) is 0 Å². The van der Waals surface area contributed by atoms with Gasteiger partial charge in [-0.1, -0.05) is 20.8 Å². The number of fused-ring (bicyclic) bond motifs is 1. The summed E-state index contributed by atoms with van der Waals surface area (Å²) in [6, 6.07) is 1.97. The lowest BCUT2D eigenvalue weighted by atomic mass is 10.0. The van der Waals surface area contributed by atoms with E-state index < -0.39 is 0 Å². The van der Waals surface area contributed by atoms with Crippen LogP contribution in [0.15, 0.2) is 11.4 Å². The number of carbonyl (C=O) groups is 1. The Hall–Kier alpha value is -0.830. The fourth-order valence-electron chi connectivity index (χ4n) is 1.38. The normalized spacial score (nSPS) is 19.6. The van der Waals surface area contributed by atoms with Crippen molar-refractivity contribution < 1.29 is 6.22 Å². The number of carbonyl (C=O) groups excluding carboxylic acids is 1. The van der Waals surface area contributed by atoms with Crippen LogP contribution in [0.5, 0.6) is 0 Å². The van der Waals surface area contributed by atoms with Crippen LogP contribution < -0.4 is 5.32 Å². The Bertz CT molecular complexity index is 298. The topological polar surface area (TPSA) is 29.1 Å². The molecule has 2 rings (SSSR count). The van der Waals surface area contributed by atoms with Crippen LogP contribution in [0.3, 0.4) is 0 Å². The van der Waals surface area contributed by atoms with Crippen molar-refractivity contribution in [3.63, 3.8) is 0 Å². The Morgan fingerprint density at radius 2 is 2.31 bits per heavy atom. The van der Waals surface area contributed by atoms with Crippen molar-refractivity contribution in [3.05, 3.63) is 16.3 Å². The first kappa shape index (κ1) is 10.3. The van der Waals surface area contributed by atoms with Gasteiger partial charge < -0.3 is 5.32 Å². The molecular formula is C10H17NOS. The number of rotatable bonds is 0. The van der Waals surface area contributed by atoms with Gasteiger partial charge in [0.1, 0.15) is 0 Å². The van der Waals surface area contributed by atoms with Crippen LogP contribution in [0, 0.1) is 0 Å². The quantitative estimate of drug-likeness (QED) is 0.681. The maximum atomic E-state index is 11.0. The lowest BCUT2D eigenvalue weighted by Gasteiger charge is -2.18. The Morgan fingerprint density at radius 3 is 3.00 bits per heavy atom. The first-order chi connectivity index (χ1) is 6.27. The molecule has 0 fully saturated rings. The fraction of sp³-hybridized carbons (Fsp3) is 0.500. The fourth-order valence-corrected chi connectivity index (χ4v) is 2.29. The summed E-state index contributed by atoms with van der Waals surface area (Å²) in [6.45, 7) is 6.09. The average molecular weight is 199 g/mol. The van der Waals surface area contributed by atoms with Crippen molar-refractivity contribution >= 4 is 22.9 Å². The minimum Gasteiger partial charge on any atom is -0.325 e.